The van der Waals surface area contributed by atoms with Gasteiger partial charge in [-0.25, -0.2) is 0 Å². The number of hydrogen-bond donors (Lipinski definition) is 2. The van der Waals surface area contributed by atoms with Crippen molar-refractivity contribution in [3.63, 3.8) is 0 Å². The van der Waals surface area contributed by atoms with Gasteiger partial charge in [-0.1, -0.05) is 32.1 Å². The number of hydrogen-bond acceptors (Lipinski definition) is 2. The van der Waals surface area contributed by atoms with Gasteiger partial charge in [0, 0.05) is 17.2 Å². The predicted molar refractivity (Wildman–Crippen MR) is 83.9 cm³/mol. The van der Waals surface area contributed by atoms with E-state index in [1.807, 2.05) is 12.1 Å². The fourth-order valence-electron chi connectivity index (χ4n) is 2.94. The molecule has 2 rings (SSSR count). The summed E-state index contributed by atoms with van der Waals surface area (Å²) in [4.78, 5) is 12.3. The normalized spacial score (nSPS) is 20.2. The fourth-order valence-corrected chi connectivity index (χ4v) is 2.94. The third kappa shape index (κ3) is 4.61. The van der Waals surface area contributed by atoms with Crippen LogP contribution in [0.3, 0.4) is 0 Å². The quantitative estimate of drug-likeness (QED) is 0.821. The monoisotopic (exact) mass is 285 g/mol. The van der Waals surface area contributed by atoms with Crippen LogP contribution in [0.4, 0.5) is 0 Å². The highest BCUT2D eigenvalue weighted by atomic mass is 16.2. The van der Waals surface area contributed by atoms with Crippen LogP contribution in [0.2, 0.25) is 0 Å². The molecule has 1 amide bonds. The van der Waals surface area contributed by atoms with Crippen molar-refractivity contribution in [3.05, 3.63) is 35.4 Å². The molecule has 1 atom stereocenters. The van der Waals surface area contributed by atoms with E-state index in [1.165, 1.54) is 12.8 Å². The Labute approximate surface area is 126 Å². The zero-order chi connectivity index (χ0) is 15.3. The van der Waals surface area contributed by atoms with Crippen LogP contribution >= 0.6 is 0 Å². The molecule has 0 spiro atoms. The second-order valence-electron chi connectivity index (χ2n) is 6.47. The maximum Gasteiger partial charge on any atom is 0.251 e. The van der Waals surface area contributed by atoms with E-state index in [1.54, 1.807) is 12.1 Å². The van der Waals surface area contributed by atoms with Gasteiger partial charge in [0.05, 0.1) is 0 Å². The molecule has 2 N–H and O–H groups in total. The number of aliphatic hydroxyl groups excluding tert-OH is 1. The highest BCUT2D eigenvalue weighted by molar-refractivity contribution is 5.94. The summed E-state index contributed by atoms with van der Waals surface area (Å²) in [5, 5.41) is 11.8. The minimum absolute atomic E-state index is 0.0145. The lowest BCUT2D eigenvalue weighted by Crippen LogP contribution is -2.40. The average Bonchev–Trinajstić information content (AvgIpc) is 2.44. The van der Waals surface area contributed by atoms with Crippen LogP contribution in [0.1, 0.15) is 55.5 Å². The van der Waals surface area contributed by atoms with Crippen molar-refractivity contribution in [1.82, 2.24) is 5.32 Å². The molecular formula is C18H23NO2. The van der Waals surface area contributed by atoms with Gasteiger partial charge in [0.15, 0.2) is 0 Å². The molecule has 1 aromatic rings. The summed E-state index contributed by atoms with van der Waals surface area (Å²) in [6, 6.07) is 7.45. The summed E-state index contributed by atoms with van der Waals surface area (Å²) in [6.45, 7) is 4.37. The summed E-state index contributed by atoms with van der Waals surface area (Å²) in [7, 11) is 0. The smallest absolute Gasteiger partial charge is 0.251 e. The molecule has 112 valence electrons. The fraction of sp³-hybridized carbons (Fsp3) is 0.500. The van der Waals surface area contributed by atoms with E-state index in [2.05, 4.69) is 31.0 Å². The molecule has 0 radical (unpaired) electrons. The second-order valence-corrected chi connectivity index (χ2v) is 6.47. The maximum absolute atomic E-state index is 12.3. The first-order valence-corrected chi connectivity index (χ1v) is 7.51. The summed E-state index contributed by atoms with van der Waals surface area (Å²) in [5.41, 5.74) is 1.78. The third-order valence-electron chi connectivity index (χ3n) is 4.00. The number of carbonyl (C=O) groups is 1. The number of amides is 1. The van der Waals surface area contributed by atoms with Crippen LogP contribution < -0.4 is 5.32 Å². The van der Waals surface area contributed by atoms with Crippen molar-refractivity contribution in [1.29, 1.82) is 0 Å². The lowest BCUT2D eigenvalue weighted by Gasteiger charge is -2.35. The van der Waals surface area contributed by atoms with Crippen LogP contribution in [-0.4, -0.2) is 23.7 Å². The van der Waals surface area contributed by atoms with Gasteiger partial charge in [-0.3, -0.25) is 4.79 Å². The third-order valence-corrected chi connectivity index (χ3v) is 4.00. The number of nitrogens with one attached hydrogen (secondary N) is 1. The van der Waals surface area contributed by atoms with Crippen molar-refractivity contribution in [3.8, 4) is 11.8 Å². The Bertz CT molecular complexity index is 549. The zero-order valence-corrected chi connectivity index (χ0v) is 12.8. The molecular weight excluding hydrogens is 262 g/mol. The molecule has 1 fully saturated rings. The molecule has 0 saturated heterocycles. The Morgan fingerprint density at radius 2 is 2.10 bits per heavy atom. The molecule has 1 unspecified atom stereocenters. The second kappa shape index (κ2) is 6.78. The van der Waals surface area contributed by atoms with Crippen molar-refractivity contribution >= 4 is 5.91 Å². The molecule has 0 aromatic heterocycles. The average molecular weight is 285 g/mol. The van der Waals surface area contributed by atoms with Gasteiger partial charge in [-0.05, 0) is 48.9 Å². The van der Waals surface area contributed by atoms with Gasteiger partial charge in [-0.2, -0.15) is 0 Å². The summed E-state index contributed by atoms with van der Waals surface area (Å²) in [6.07, 6.45) is 4.51. The molecule has 0 heterocycles. The molecule has 1 aliphatic rings. The van der Waals surface area contributed by atoms with Crippen LogP contribution in [0.25, 0.3) is 0 Å². The van der Waals surface area contributed by atoms with E-state index in [4.69, 9.17) is 5.11 Å². The molecule has 21 heavy (non-hydrogen) atoms. The molecule has 1 saturated carbocycles. The zero-order valence-electron chi connectivity index (χ0n) is 12.8. The molecule has 0 bridgehead atoms. The summed E-state index contributed by atoms with van der Waals surface area (Å²) < 4.78 is 0. The largest absolute Gasteiger partial charge is 0.384 e. The molecule has 0 aliphatic heterocycles. The highest BCUT2D eigenvalue weighted by Gasteiger charge is 2.28. The summed E-state index contributed by atoms with van der Waals surface area (Å²) in [5.74, 6) is 5.40. The van der Waals surface area contributed by atoms with Crippen molar-refractivity contribution in [2.24, 2.45) is 5.41 Å². The molecule has 3 nitrogen and oxygen atoms in total. The topological polar surface area (TPSA) is 49.3 Å². The highest BCUT2D eigenvalue weighted by Crippen LogP contribution is 2.35. The first kappa shape index (κ1) is 15.6. The van der Waals surface area contributed by atoms with Gasteiger partial charge >= 0.3 is 0 Å². The Morgan fingerprint density at radius 1 is 1.38 bits per heavy atom. The maximum atomic E-state index is 12.3. The van der Waals surface area contributed by atoms with Gasteiger partial charge in [-0.15, -0.1) is 0 Å². The van der Waals surface area contributed by atoms with Gasteiger partial charge in [0.1, 0.15) is 6.61 Å². The van der Waals surface area contributed by atoms with Crippen LogP contribution in [0.5, 0.6) is 0 Å². The molecule has 1 aliphatic carbocycles. The van der Waals surface area contributed by atoms with Crippen molar-refractivity contribution in [2.45, 2.75) is 45.6 Å². The Kier molecular flexibility index (Phi) is 5.03. The Hall–Kier alpha value is -1.79. The van der Waals surface area contributed by atoms with Gasteiger partial charge < -0.3 is 10.4 Å². The van der Waals surface area contributed by atoms with Crippen LogP contribution in [-0.2, 0) is 0 Å². The van der Waals surface area contributed by atoms with E-state index < -0.39 is 0 Å². The first-order chi connectivity index (χ1) is 10.00. The van der Waals surface area contributed by atoms with E-state index in [0.717, 1.165) is 18.4 Å². The van der Waals surface area contributed by atoms with Gasteiger partial charge in [0.2, 0.25) is 0 Å². The lowest BCUT2D eigenvalue weighted by molar-refractivity contribution is 0.0902. The predicted octanol–water partition coefficient (Wildman–Crippen LogP) is 2.73. The van der Waals surface area contributed by atoms with Crippen LogP contribution in [0.15, 0.2) is 24.3 Å². The number of rotatable bonds is 2. The standard InChI is InChI=1S/C18H23NO2/c1-18(2)11-3-6-16(13-18)19-17(21)15-9-7-14(8-10-15)5-4-12-20/h7-10,16,20H,3,6,11-13H2,1-2H3,(H,19,21). The SMILES string of the molecule is CC1(C)CCCC(NC(=O)c2ccc(C#CCO)cc2)C1. The minimum atomic E-state index is -0.153. The van der Waals surface area contributed by atoms with E-state index in [0.29, 0.717) is 11.0 Å². The Morgan fingerprint density at radius 3 is 2.71 bits per heavy atom. The Balaban J connectivity index is 1.97. The van der Waals surface area contributed by atoms with Crippen molar-refractivity contribution < 1.29 is 9.90 Å². The van der Waals surface area contributed by atoms with E-state index in [-0.39, 0.29) is 18.6 Å². The minimum Gasteiger partial charge on any atom is -0.384 e. The van der Waals surface area contributed by atoms with E-state index >= 15 is 0 Å². The molecule has 3 heteroatoms. The summed E-state index contributed by atoms with van der Waals surface area (Å²) >= 11 is 0. The van der Waals surface area contributed by atoms with Gasteiger partial charge in [0.25, 0.3) is 5.91 Å². The lowest BCUT2D eigenvalue weighted by atomic mass is 9.75. The molecule has 1 aromatic carbocycles. The van der Waals surface area contributed by atoms with Crippen molar-refractivity contribution in [2.75, 3.05) is 6.61 Å². The van der Waals surface area contributed by atoms with E-state index in [9.17, 15) is 4.79 Å². The number of carbonyl (C=O) groups excluding carboxylic acids is 1. The van der Waals surface area contributed by atoms with Crippen LogP contribution in [0, 0.1) is 17.3 Å². The number of benzene rings is 1. The number of aliphatic hydroxyl groups is 1. The first-order valence-electron chi connectivity index (χ1n) is 7.51.